The van der Waals surface area contributed by atoms with Crippen LogP contribution in [0.2, 0.25) is 0 Å². The number of carbonyl (C=O) groups excluding carboxylic acids is 1. The van der Waals surface area contributed by atoms with Gasteiger partial charge in [-0.15, -0.1) is 0 Å². The van der Waals surface area contributed by atoms with E-state index in [4.69, 9.17) is 4.74 Å². The number of ether oxygens (including phenoxy) is 1. The van der Waals surface area contributed by atoms with Crippen LogP contribution in [-0.4, -0.2) is 31.9 Å². The molecule has 0 aliphatic carbocycles. The highest BCUT2D eigenvalue weighted by Gasteiger charge is 2.18. The first kappa shape index (κ1) is 21.2. The summed E-state index contributed by atoms with van der Waals surface area (Å²) < 4.78 is 9.72. The van der Waals surface area contributed by atoms with Gasteiger partial charge in [0.2, 0.25) is 0 Å². The number of esters is 1. The number of nitrogens with zero attached hydrogens (tertiary/aromatic N) is 3. The molecule has 5 aromatic rings. The number of fused-ring (bicyclic) bond motifs is 3. The van der Waals surface area contributed by atoms with E-state index in [2.05, 4.69) is 26.1 Å². The monoisotopic (exact) mass is 504 g/mol. The Morgan fingerprint density at radius 2 is 1.73 bits per heavy atom. The van der Waals surface area contributed by atoms with Crippen LogP contribution in [0.4, 0.5) is 0 Å². The summed E-state index contributed by atoms with van der Waals surface area (Å²) in [5, 5.41) is 9.02. The fourth-order valence-corrected chi connectivity index (χ4v) is 4.53. The van der Waals surface area contributed by atoms with E-state index in [0.717, 1.165) is 37.5 Å². The molecule has 0 fully saturated rings. The molecular formula is C25H21BrN4O3. The first-order valence-corrected chi connectivity index (χ1v) is 11.3. The number of rotatable bonds is 4. The van der Waals surface area contributed by atoms with Crippen LogP contribution in [0.25, 0.3) is 44.3 Å². The Morgan fingerprint density at radius 3 is 2.45 bits per heavy atom. The highest BCUT2D eigenvalue weighted by molar-refractivity contribution is 9.10. The van der Waals surface area contributed by atoms with Crippen LogP contribution in [0, 0.1) is 0 Å². The Morgan fingerprint density at radius 1 is 1.00 bits per heavy atom. The minimum Gasteiger partial charge on any atom is -0.461 e. The zero-order valence-electron chi connectivity index (χ0n) is 18.3. The number of aromatic amines is 1. The second-order valence-electron chi connectivity index (χ2n) is 7.84. The molecular weight excluding hydrogens is 484 g/mol. The van der Waals surface area contributed by atoms with Crippen molar-refractivity contribution in [1.82, 2.24) is 19.3 Å². The molecule has 3 heterocycles. The molecule has 0 saturated carbocycles. The lowest BCUT2D eigenvalue weighted by atomic mass is 10.0. The number of hydrogen-bond donors (Lipinski definition) is 1. The molecule has 0 amide bonds. The number of halogens is 1. The average Bonchev–Trinajstić information content (AvgIpc) is 3.41. The number of carbonyl (C=O) groups is 1. The zero-order chi connectivity index (χ0) is 23.3. The topological polar surface area (TPSA) is 81.9 Å². The number of pyridine rings is 1. The molecule has 2 aromatic carbocycles. The molecule has 166 valence electrons. The first-order chi connectivity index (χ1) is 15.9. The molecule has 0 aliphatic heterocycles. The van der Waals surface area contributed by atoms with Crippen LogP contribution < -0.4 is 5.56 Å². The van der Waals surface area contributed by atoms with E-state index in [-0.39, 0.29) is 5.56 Å². The van der Waals surface area contributed by atoms with E-state index in [1.54, 1.807) is 24.6 Å². The van der Waals surface area contributed by atoms with Gasteiger partial charge in [0.05, 0.1) is 17.8 Å². The second-order valence-corrected chi connectivity index (χ2v) is 8.76. The summed E-state index contributed by atoms with van der Waals surface area (Å²) in [6.07, 6.45) is 0. The Bertz CT molecular complexity index is 1590. The predicted octanol–water partition coefficient (Wildman–Crippen LogP) is 5.03. The maximum absolute atomic E-state index is 13.2. The van der Waals surface area contributed by atoms with Crippen LogP contribution in [0.1, 0.15) is 17.4 Å². The van der Waals surface area contributed by atoms with Gasteiger partial charge in [0, 0.05) is 40.5 Å². The standard InChI is InChI=1S/C25H21BrN4O3/c1-4-33-25(32)21-13-20(27-28-21)15-7-10-22-18(11-15)19-12-17(14-5-8-16(26)9-6-14)24(31)30(3)23(19)29(22)2/h5-13H,4H2,1-3H3,(H,27,28). The molecule has 0 atom stereocenters. The summed E-state index contributed by atoms with van der Waals surface area (Å²) in [5.41, 5.74) is 5.10. The van der Waals surface area contributed by atoms with Crippen molar-refractivity contribution >= 4 is 43.8 Å². The highest BCUT2D eigenvalue weighted by atomic mass is 79.9. The molecule has 0 unspecified atom stereocenters. The quantitative estimate of drug-likeness (QED) is 0.348. The number of hydrogen-bond acceptors (Lipinski definition) is 4. The van der Waals surface area contributed by atoms with Gasteiger partial charge in [0.15, 0.2) is 0 Å². The fourth-order valence-electron chi connectivity index (χ4n) is 4.27. The lowest BCUT2D eigenvalue weighted by Gasteiger charge is -2.08. The van der Waals surface area contributed by atoms with Crippen LogP contribution in [0.5, 0.6) is 0 Å². The second kappa shape index (κ2) is 8.04. The van der Waals surface area contributed by atoms with Crippen molar-refractivity contribution < 1.29 is 9.53 Å². The van der Waals surface area contributed by atoms with E-state index < -0.39 is 5.97 Å². The van der Waals surface area contributed by atoms with Crippen LogP contribution in [0.15, 0.2) is 63.9 Å². The number of benzene rings is 2. The Labute approximate surface area is 197 Å². The molecule has 0 aliphatic rings. The third-order valence-corrected chi connectivity index (χ3v) is 6.40. The molecule has 7 nitrogen and oxygen atoms in total. The molecule has 0 spiro atoms. The van der Waals surface area contributed by atoms with Gasteiger partial charge in [-0.05, 0) is 48.9 Å². The van der Waals surface area contributed by atoms with Gasteiger partial charge in [-0.1, -0.05) is 34.1 Å². The zero-order valence-corrected chi connectivity index (χ0v) is 19.9. The van der Waals surface area contributed by atoms with Crippen molar-refractivity contribution in [3.63, 3.8) is 0 Å². The third kappa shape index (κ3) is 3.47. The van der Waals surface area contributed by atoms with Crippen molar-refractivity contribution in [3.8, 4) is 22.4 Å². The SMILES string of the molecule is CCOC(=O)c1cc(-c2ccc3c(c2)c2cc(-c4ccc(Br)cc4)c(=O)n(C)c2n3C)n[nH]1. The highest BCUT2D eigenvalue weighted by Crippen LogP contribution is 2.33. The molecule has 0 saturated heterocycles. The summed E-state index contributed by atoms with van der Waals surface area (Å²) in [6.45, 7) is 2.06. The Hall–Kier alpha value is -3.65. The number of H-pyrrole nitrogens is 1. The number of aryl methyl sites for hydroxylation is 2. The van der Waals surface area contributed by atoms with Gasteiger partial charge in [-0.25, -0.2) is 4.79 Å². The number of aromatic nitrogens is 4. The van der Waals surface area contributed by atoms with Crippen LogP contribution in [-0.2, 0) is 18.8 Å². The van der Waals surface area contributed by atoms with Gasteiger partial charge >= 0.3 is 5.97 Å². The summed E-state index contributed by atoms with van der Waals surface area (Å²) in [6, 6.07) is 17.4. The van der Waals surface area contributed by atoms with Gasteiger partial charge in [-0.3, -0.25) is 14.5 Å². The largest absolute Gasteiger partial charge is 0.461 e. The van der Waals surface area contributed by atoms with Gasteiger partial charge in [-0.2, -0.15) is 5.10 Å². The van der Waals surface area contributed by atoms with E-state index in [1.807, 2.05) is 60.1 Å². The summed E-state index contributed by atoms with van der Waals surface area (Å²) in [7, 11) is 3.75. The first-order valence-electron chi connectivity index (χ1n) is 10.5. The molecule has 1 N–H and O–H groups in total. The minimum absolute atomic E-state index is 0.0534. The van der Waals surface area contributed by atoms with E-state index in [0.29, 0.717) is 23.6 Å². The van der Waals surface area contributed by atoms with Crippen LogP contribution >= 0.6 is 15.9 Å². The fraction of sp³-hybridized carbons (Fsp3) is 0.160. The van der Waals surface area contributed by atoms with Gasteiger partial charge < -0.3 is 9.30 Å². The molecule has 3 aromatic heterocycles. The summed E-state index contributed by atoms with van der Waals surface area (Å²) >= 11 is 3.45. The lowest BCUT2D eigenvalue weighted by molar-refractivity contribution is 0.0519. The molecule has 0 bridgehead atoms. The van der Waals surface area contributed by atoms with Crippen molar-refractivity contribution in [2.75, 3.05) is 6.61 Å². The summed E-state index contributed by atoms with van der Waals surface area (Å²) in [4.78, 5) is 25.2. The smallest absolute Gasteiger partial charge is 0.356 e. The van der Waals surface area contributed by atoms with E-state index in [1.165, 1.54) is 0 Å². The normalized spacial score (nSPS) is 11.4. The minimum atomic E-state index is -0.434. The predicted molar refractivity (Wildman–Crippen MR) is 132 cm³/mol. The molecule has 8 heteroatoms. The lowest BCUT2D eigenvalue weighted by Crippen LogP contribution is -2.20. The van der Waals surface area contributed by atoms with E-state index in [9.17, 15) is 9.59 Å². The molecule has 0 radical (unpaired) electrons. The van der Waals surface area contributed by atoms with Crippen molar-refractivity contribution in [2.24, 2.45) is 14.1 Å². The average molecular weight is 505 g/mol. The summed E-state index contributed by atoms with van der Waals surface area (Å²) in [5.74, 6) is -0.434. The Kier molecular flexibility index (Phi) is 5.17. The van der Waals surface area contributed by atoms with Crippen molar-refractivity contribution in [3.05, 3.63) is 75.1 Å². The van der Waals surface area contributed by atoms with Gasteiger partial charge in [0.25, 0.3) is 5.56 Å². The van der Waals surface area contributed by atoms with Gasteiger partial charge in [0.1, 0.15) is 11.3 Å². The van der Waals surface area contributed by atoms with Crippen LogP contribution in [0.3, 0.4) is 0 Å². The van der Waals surface area contributed by atoms with Crippen molar-refractivity contribution in [2.45, 2.75) is 6.92 Å². The Balaban J connectivity index is 1.71. The maximum atomic E-state index is 13.2. The van der Waals surface area contributed by atoms with E-state index >= 15 is 0 Å². The maximum Gasteiger partial charge on any atom is 0.356 e. The molecule has 33 heavy (non-hydrogen) atoms. The molecule has 5 rings (SSSR count). The number of nitrogens with one attached hydrogen (secondary N) is 1. The van der Waals surface area contributed by atoms with Crippen molar-refractivity contribution in [1.29, 1.82) is 0 Å². The third-order valence-electron chi connectivity index (χ3n) is 5.87.